The van der Waals surface area contributed by atoms with Crippen molar-refractivity contribution in [2.24, 2.45) is 11.2 Å². The molecule has 0 spiro atoms. The number of nitroso groups, excluding NO2 is 1. The maximum atomic E-state index is 13.1. The number of pyridine rings is 1. The molecule has 2 aromatic rings. The van der Waals surface area contributed by atoms with Crippen molar-refractivity contribution in [2.75, 3.05) is 13.1 Å². The molecule has 118 valence electrons. The molecule has 1 aromatic heterocycles. The van der Waals surface area contributed by atoms with Gasteiger partial charge in [-0.15, -0.1) is 4.91 Å². The standard InChI is InChI=1S/C17H16FN3O2/c18-14-3-1-12(2-4-14)15-5-6-16-13-7-11(8-20(10-13)19-23)9-21(16)17(15)22/h1-6,11,13H,7-10H2/t11-,13-/m1/s1. The summed E-state index contributed by atoms with van der Waals surface area (Å²) in [5.41, 5.74) is 2.22. The van der Waals surface area contributed by atoms with Gasteiger partial charge in [0.15, 0.2) is 0 Å². The molecule has 23 heavy (non-hydrogen) atoms. The summed E-state index contributed by atoms with van der Waals surface area (Å²) in [5, 5.41) is 4.62. The molecular formula is C17H16FN3O2. The lowest BCUT2D eigenvalue weighted by molar-refractivity contribution is 0.122. The van der Waals surface area contributed by atoms with Gasteiger partial charge in [0, 0.05) is 36.8 Å². The fourth-order valence-electron chi connectivity index (χ4n) is 3.84. The van der Waals surface area contributed by atoms with Gasteiger partial charge in [-0.25, -0.2) is 4.39 Å². The fourth-order valence-corrected chi connectivity index (χ4v) is 3.84. The smallest absolute Gasteiger partial charge is 0.258 e. The van der Waals surface area contributed by atoms with E-state index in [1.165, 1.54) is 12.1 Å². The Morgan fingerprint density at radius 2 is 1.83 bits per heavy atom. The summed E-state index contributed by atoms with van der Waals surface area (Å²) in [6.07, 6.45) is 0.987. The van der Waals surface area contributed by atoms with Crippen LogP contribution in [0.3, 0.4) is 0 Å². The zero-order valence-corrected chi connectivity index (χ0v) is 12.5. The second-order valence-electron chi connectivity index (χ2n) is 6.35. The van der Waals surface area contributed by atoms with Gasteiger partial charge in [-0.2, -0.15) is 0 Å². The maximum Gasteiger partial charge on any atom is 0.258 e. The summed E-state index contributed by atoms with van der Waals surface area (Å²) in [5.74, 6) is 0.109. The van der Waals surface area contributed by atoms with Gasteiger partial charge in [0.05, 0.1) is 5.29 Å². The zero-order valence-electron chi connectivity index (χ0n) is 12.5. The first-order chi connectivity index (χ1) is 11.2. The second kappa shape index (κ2) is 5.30. The van der Waals surface area contributed by atoms with E-state index in [0.717, 1.165) is 17.7 Å². The number of hydrogen-bond acceptors (Lipinski definition) is 3. The normalized spacial score (nSPS) is 22.6. The van der Waals surface area contributed by atoms with Gasteiger partial charge in [0.25, 0.3) is 5.56 Å². The van der Waals surface area contributed by atoms with E-state index in [4.69, 9.17) is 0 Å². The molecule has 1 aromatic carbocycles. The molecule has 0 N–H and O–H groups in total. The lowest BCUT2D eigenvalue weighted by atomic mass is 9.83. The van der Waals surface area contributed by atoms with Crippen LogP contribution in [0.15, 0.2) is 46.5 Å². The van der Waals surface area contributed by atoms with E-state index in [0.29, 0.717) is 25.2 Å². The summed E-state index contributed by atoms with van der Waals surface area (Å²) < 4.78 is 14.9. The summed E-state index contributed by atoms with van der Waals surface area (Å²) in [6, 6.07) is 9.73. The first-order valence-electron chi connectivity index (χ1n) is 7.73. The maximum absolute atomic E-state index is 13.1. The first-order valence-corrected chi connectivity index (χ1v) is 7.73. The van der Waals surface area contributed by atoms with Crippen LogP contribution in [0.1, 0.15) is 18.0 Å². The monoisotopic (exact) mass is 313 g/mol. The molecule has 2 bridgehead atoms. The Hall–Kier alpha value is -2.50. The third-order valence-corrected chi connectivity index (χ3v) is 4.86. The fraction of sp³-hybridized carbons (Fsp3) is 0.353. The minimum absolute atomic E-state index is 0.0451. The van der Waals surface area contributed by atoms with Gasteiger partial charge >= 0.3 is 0 Å². The number of rotatable bonds is 2. The van der Waals surface area contributed by atoms with E-state index in [1.54, 1.807) is 23.2 Å². The zero-order chi connectivity index (χ0) is 16.0. The van der Waals surface area contributed by atoms with Gasteiger partial charge < -0.3 is 4.57 Å². The van der Waals surface area contributed by atoms with E-state index in [9.17, 15) is 14.1 Å². The molecule has 0 aliphatic carbocycles. The molecule has 0 radical (unpaired) electrons. The minimum atomic E-state index is -0.317. The highest BCUT2D eigenvalue weighted by Crippen LogP contribution is 2.35. The van der Waals surface area contributed by atoms with Gasteiger partial charge in [0.1, 0.15) is 5.82 Å². The van der Waals surface area contributed by atoms with Crippen molar-refractivity contribution in [1.29, 1.82) is 0 Å². The molecule has 3 heterocycles. The van der Waals surface area contributed by atoms with Gasteiger partial charge in [0.2, 0.25) is 0 Å². The van der Waals surface area contributed by atoms with Crippen molar-refractivity contribution in [2.45, 2.75) is 18.9 Å². The average Bonchev–Trinajstić information content (AvgIpc) is 2.57. The van der Waals surface area contributed by atoms with Crippen LogP contribution in [0, 0.1) is 16.6 Å². The van der Waals surface area contributed by atoms with Crippen molar-refractivity contribution in [3.8, 4) is 11.1 Å². The molecule has 4 rings (SSSR count). The molecule has 2 aliphatic rings. The minimum Gasteiger partial charge on any atom is -0.311 e. The highest BCUT2D eigenvalue weighted by Gasteiger charge is 2.35. The third kappa shape index (κ3) is 2.34. The van der Waals surface area contributed by atoms with Crippen molar-refractivity contribution in [3.63, 3.8) is 0 Å². The molecular weight excluding hydrogens is 297 g/mol. The van der Waals surface area contributed by atoms with Crippen LogP contribution in [0.5, 0.6) is 0 Å². The van der Waals surface area contributed by atoms with Crippen LogP contribution in [0.2, 0.25) is 0 Å². The molecule has 2 atom stereocenters. The first kappa shape index (κ1) is 14.1. The van der Waals surface area contributed by atoms with Crippen LogP contribution >= 0.6 is 0 Å². The molecule has 6 heteroatoms. The molecule has 1 fully saturated rings. The number of nitrogens with zero attached hydrogens (tertiary/aromatic N) is 3. The van der Waals surface area contributed by atoms with Crippen molar-refractivity contribution in [3.05, 3.63) is 63.2 Å². The van der Waals surface area contributed by atoms with Gasteiger partial charge in [-0.1, -0.05) is 12.1 Å². The quantitative estimate of drug-likeness (QED) is 0.801. The number of fused-ring (bicyclic) bond motifs is 4. The predicted octanol–water partition coefficient (Wildman–Crippen LogP) is 2.75. The van der Waals surface area contributed by atoms with Crippen LogP contribution < -0.4 is 5.56 Å². The van der Waals surface area contributed by atoms with Crippen molar-refractivity contribution in [1.82, 2.24) is 9.58 Å². The number of benzene rings is 1. The van der Waals surface area contributed by atoms with Crippen LogP contribution in [-0.2, 0) is 6.54 Å². The Morgan fingerprint density at radius 1 is 1.04 bits per heavy atom. The topological polar surface area (TPSA) is 54.7 Å². The lowest BCUT2D eigenvalue weighted by Crippen LogP contribution is -2.45. The number of hydrogen-bond donors (Lipinski definition) is 0. The van der Waals surface area contributed by atoms with Crippen LogP contribution in [-0.4, -0.2) is 22.7 Å². The van der Waals surface area contributed by atoms with Crippen LogP contribution in [0.4, 0.5) is 4.39 Å². The molecule has 0 unspecified atom stereocenters. The van der Waals surface area contributed by atoms with Crippen molar-refractivity contribution < 1.29 is 4.39 Å². The van der Waals surface area contributed by atoms with Crippen LogP contribution in [0.25, 0.3) is 11.1 Å². The molecule has 1 saturated heterocycles. The van der Waals surface area contributed by atoms with E-state index in [2.05, 4.69) is 5.29 Å². The Labute approximate surface area is 132 Å². The summed E-state index contributed by atoms with van der Waals surface area (Å²) in [7, 11) is 0. The summed E-state index contributed by atoms with van der Waals surface area (Å²) in [4.78, 5) is 23.7. The van der Waals surface area contributed by atoms with E-state index in [-0.39, 0.29) is 23.2 Å². The highest BCUT2D eigenvalue weighted by molar-refractivity contribution is 5.62. The SMILES string of the molecule is O=NN1C[C@H]2C[C@H](C1)c1ccc(-c3ccc(F)cc3)c(=O)n1C2. The summed E-state index contributed by atoms with van der Waals surface area (Å²) >= 11 is 0. The number of piperidine rings is 1. The molecule has 0 saturated carbocycles. The Balaban J connectivity index is 1.78. The highest BCUT2D eigenvalue weighted by atomic mass is 19.1. The lowest BCUT2D eigenvalue weighted by Gasteiger charge is -2.40. The Kier molecular flexibility index (Phi) is 3.25. The van der Waals surface area contributed by atoms with E-state index in [1.807, 2.05) is 10.6 Å². The Bertz CT molecular complexity index is 816. The largest absolute Gasteiger partial charge is 0.311 e. The predicted molar refractivity (Wildman–Crippen MR) is 84.3 cm³/mol. The van der Waals surface area contributed by atoms with Crippen molar-refractivity contribution >= 4 is 0 Å². The van der Waals surface area contributed by atoms with E-state index < -0.39 is 0 Å². The summed E-state index contributed by atoms with van der Waals surface area (Å²) in [6.45, 7) is 1.77. The third-order valence-electron chi connectivity index (χ3n) is 4.86. The second-order valence-corrected chi connectivity index (χ2v) is 6.35. The average molecular weight is 313 g/mol. The Morgan fingerprint density at radius 3 is 2.57 bits per heavy atom. The molecule has 2 aliphatic heterocycles. The van der Waals surface area contributed by atoms with E-state index >= 15 is 0 Å². The number of aromatic nitrogens is 1. The van der Waals surface area contributed by atoms with Gasteiger partial charge in [-0.3, -0.25) is 9.80 Å². The van der Waals surface area contributed by atoms with Gasteiger partial charge in [-0.05, 0) is 42.2 Å². The molecule has 0 amide bonds. The number of halogens is 1. The molecule has 5 nitrogen and oxygen atoms in total.